The van der Waals surface area contributed by atoms with Gasteiger partial charge >= 0.3 is 11.9 Å². The number of aromatic amines is 2. The molecule has 136 valence electrons. The van der Waals surface area contributed by atoms with Gasteiger partial charge in [-0.2, -0.15) is 13.2 Å². The number of alkyl halides is 3. The molecule has 3 rings (SSSR count). The Hall–Kier alpha value is -3.37. The number of anilines is 2. The van der Waals surface area contributed by atoms with Gasteiger partial charge in [-0.3, -0.25) is 24.4 Å². The number of hydrogen-bond donors (Lipinski definition) is 4. The highest BCUT2D eigenvalue weighted by Gasteiger charge is 2.34. The Labute approximate surface area is 142 Å². The van der Waals surface area contributed by atoms with Gasteiger partial charge in [0.1, 0.15) is 5.82 Å². The summed E-state index contributed by atoms with van der Waals surface area (Å²) in [5.74, 6) is -2.74. The van der Waals surface area contributed by atoms with Crippen molar-refractivity contribution in [2.75, 3.05) is 10.6 Å². The molecule has 4 N–H and O–H groups in total. The van der Waals surface area contributed by atoms with Gasteiger partial charge in [0.25, 0.3) is 5.56 Å². The Morgan fingerprint density at radius 2 is 1.73 bits per heavy atom. The Balaban J connectivity index is 1.88. The van der Waals surface area contributed by atoms with Gasteiger partial charge in [0.2, 0.25) is 11.8 Å². The minimum atomic E-state index is -4.51. The Morgan fingerprint density at radius 1 is 1.08 bits per heavy atom. The van der Waals surface area contributed by atoms with E-state index in [-0.39, 0.29) is 23.5 Å². The highest BCUT2D eigenvalue weighted by Crippen LogP contribution is 2.31. The van der Waals surface area contributed by atoms with Crippen molar-refractivity contribution < 1.29 is 22.8 Å². The van der Waals surface area contributed by atoms with E-state index < -0.39 is 40.7 Å². The lowest BCUT2D eigenvalue weighted by Gasteiger charge is -2.23. The van der Waals surface area contributed by atoms with Gasteiger partial charge in [-0.05, 0) is 24.3 Å². The van der Waals surface area contributed by atoms with Crippen LogP contribution in [0.4, 0.5) is 24.7 Å². The Morgan fingerprint density at radius 3 is 2.35 bits per heavy atom. The summed E-state index contributed by atoms with van der Waals surface area (Å²) in [6.07, 6.45) is -4.86. The molecule has 8 nitrogen and oxygen atoms in total. The number of carbonyl (C=O) groups excluding carboxylic acids is 2. The molecule has 1 aromatic heterocycles. The van der Waals surface area contributed by atoms with Crippen molar-refractivity contribution in [1.82, 2.24) is 9.97 Å². The van der Waals surface area contributed by atoms with Crippen LogP contribution in [-0.4, -0.2) is 21.8 Å². The van der Waals surface area contributed by atoms with Gasteiger partial charge in [-0.1, -0.05) is 0 Å². The van der Waals surface area contributed by atoms with Crippen LogP contribution in [0, 0.1) is 0 Å². The van der Waals surface area contributed by atoms with E-state index in [1.54, 1.807) is 0 Å². The first kappa shape index (κ1) is 17.5. The smallest absolute Gasteiger partial charge is 0.326 e. The fourth-order valence-electron chi connectivity index (χ4n) is 2.60. The lowest BCUT2D eigenvalue weighted by Crippen LogP contribution is -2.39. The molecule has 11 heteroatoms. The van der Waals surface area contributed by atoms with Crippen LogP contribution in [0.25, 0.3) is 0 Å². The average molecular weight is 368 g/mol. The normalized spacial score (nSPS) is 16.6. The number of carbonyl (C=O) groups is 2. The van der Waals surface area contributed by atoms with E-state index in [1.807, 2.05) is 4.98 Å². The molecule has 0 bridgehead atoms. The zero-order chi connectivity index (χ0) is 19.1. The highest BCUT2D eigenvalue weighted by atomic mass is 19.4. The molecule has 0 saturated carbocycles. The molecular weight excluding hydrogens is 357 g/mol. The fourth-order valence-corrected chi connectivity index (χ4v) is 2.60. The first-order valence-corrected chi connectivity index (χ1v) is 7.29. The van der Waals surface area contributed by atoms with Gasteiger partial charge in [0.15, 0.2) is 0 Å². The fraction of sp³-hybridized carbons (Fsp3) is 0.200. The van der Waals surface area contributed by atoms with Crippen LogP contribution in [0.5, 0.6) is 0 Å². The van der Waals surface area contributed by atoms with Crippen LogP contribution in [-0.2, 0) is 15.8 Å². The summed E-state index contributed by atoms with van der Waals surface area (Å²) in [4.78, 5) is 51.6. The van der Waals surface area contributed by atoms with Crippen LogP contribution < -0.4 is 21.9 Å². The summed E-state index contributed by atoms with van der Waals surface area (Å²) >= 11 is 0. The number of nitrogens with one attached hydrogen (secondary N) is 4. The average Bonchev–Trinajstić information content (AvgIpc) is 2.53. The molecule has 1 aliphatic rings. The SMILES string of the molecule is O=C1C[C@@H](C(=O)Nc2ccc(C(F)(F)F)cc2)c2c([nH]c(=O)[nH]c2=O)N1. The molecule has 0 spiro atoms. The zero-order valence-electron chi connectivity index (χ0n) is 12.9. The second kappa shape index (κ2) is 6.17. The van der Waals surface area contributed by atoms with Crippen molar-refractivity contribution in [1.29, 1.82) is 0 Å². The van der Waals surface area contributed by atoms with Crippen molar-refractivity contribution in [3.05, 3.63) is 56.2 Å². The van der Waals surface area contributed by atoms with Crippen molar-refractivity contribution in [2.24, 2.45) is 0 Å². The van der Waals surface area contributed by atoms with Crippen LogP contribution in [0.2, 0.25) is 0 Å². The van der Waals surface area contributed by atoms with E-state index in [2.05, 4.69) is 15.6 Å². The molecule has 0 radical (unpaired) electrons. The van der Waals surface area contributed by atoms with E-state index in [4.69, 9.17) is 0 Å². The van der Waals surface area contributed by atoms with Crippen LogP contribution in [0.3, 0.4) is 0 Å². The van der Waals surface area contributed by atoms with Crippen molar-refractivity contribution in [2.45, 2.75) is 18.5 Å². The molecule has 2 heterocycles. The third-order valence-electron chi connectivity index (χ3n) is 3.78. The number of aromatic nitrogens is 2. The third kappa shape index (κ3) is 3.36. The lowest BCUT2D eigenvalue weighted by atomic mass is 9.92. The molecule has 1 aliphatic heterocycles. The number of H-pyrrole nitrogens is 2. The third-order valence-corrected chi connectivity index (χ3v) is 3.78. The van der Waals surface area contributed by atoms with Gasteiger partial charge in [-0.25, -0.2) is 4.79 Å². The summed E-state index contributed by atoms with van der Waals surface area (Å²) < 4.78 is 37.7. The van der Waals surface area contributed by atoms with E-state index in [1.165, 1.54) is 0 Å². The van der Waals surface area contributed by atoms with E-state index in [9.17, 15) is 32.3 Å². The number of halogens is 3. The van der Waals surface area contributed by atoms with Gasteiger partial charge in [-0.15, -0.1) is 0 Å². The number of benzene rings is 1. The summed E-state index contributed by atoms with van der Waals surface area (Å²) in [5.41, 5.74) is -2.63. The summed E-state index contributed by atoms with van der Waals surface area (Å²) in [6.45, 7) is 0. The van der Waals surface area contributed by atoms with Crippen molar-refractivity contribution >= 4 is 23.3 Å². The molecule has 0 aliphatic carbocycles. The molecule has 1 aromatic carbocycles. The summed E-state index contributed by atoms with van der Waals surface area (Å²) in [5, 5.41) is 4.66. The largest absolute Gasteiger partial charge is 0.416 e. The van der Waals surface area contributed by atoms with Crippen LogP contribution >= 0.6 is 0 Å². The molecule has 2 aromatic rings. The predicted molar refractivity (Wildman–Crippen MR) is 83.7 cm³/mol. The van der Waals surface area contributed by atoms with Crippen LogP contribution in [0.1, 0.15) is 23.5 Å². The van der Waals surface area contributed by atoms with Gasteiger partial charge in [0.05, 0.1) is 17.0 Å². The molecule has 2 amide bonds. The topological polar surface area (TPSA) is 124 Å². The highest BCUT2D eigenvalue weighted by molar-refractivity contribution is 6.04. The monoisotopic (exact) mass is 368 g/mol. The van der Waals surface area contributed by atoms with E-state index in [0.717, 1.165) is 24.3 Å². The molecular formula is C15H11F3N4O4. The van der Waals surface area contributed by atoms with Crippen LogP contribution in [0.15, 0.2) is 33.9 Å². The maximum absolute atomic E-state index is 12.6. The van der Waals surface area contributed by atoms with Gasteiger partial charge < -0.3 is 10.6 Å². The number of rotatable bonds is 2. The standard InChI is InChI=1S/C15H11F3N4O4/c16-15(17,18)6-1-3-7(4-2-6)19-12(24)8-5-9(23)20-11-10(8)13(25)22-14(26)21-11/h1-4,8H,5H2,(H,19,24)(H3,20,21,22,23,25,26)/t8-/m1/s1. The second-order valence-electron chi connectivity index (χ2n) is 5.57. The minimum Gasteiger partial charge on any atom is -0.326 e. The van der Waals surface area contributed by atoms with E-state index >= 15 is 0 Å². The van der Waals surface area contributed by atoms with E-state index in [0.29, 0.717) is 0 Å². The molecule has 1 atom stereocenters. The molecule has 0 unspecified atom stereocenters. The minimum absolute atomic E-state index is 0.0661. The number of fused-ring (bicyclic) bond motifs is 1. The Kier molecular flexibility index (Phi) is 4.14. The number of amides is 2. The summed E-state index contributed by atoms with van der Waals surface area (Å²) in [7, 11) is 0. The first-order chi connectivity index (χ1) is 12.1. The Bertz CT molecular complexity index is 992. The van der Waals surface area contributed by atoms with Crippen molar-refractivity contribution in [3.8, 4) is 0 Å². The number of hydrogen-bond acceptors (Lipinski definition) is 4. The zero-order valence-corrected chi connectivity index (χ0v) is 12.9. The first-order valence-electron chi connectivity index (χ1n) is 7.29. The molecule has 0 saturated heterocycles. The predicted octanol–water partition coefficient (Wildman–Crippen LogP) is 1.15. The van der Waals surface area contributed by atoms with Gasteiger partial charge in [0, 0.05) is 12.1 Å². The van der Waals surface area contributed by atoms with Crippen molar-refractivity contribution in [3.63, 3.8) is 0 Å². The lowest BCUT2D eigenvalue weighted by molar-refractivity contribution is -0.137. The quantitative estimate of drug-likeness (QED) is 0.635. The molecule has 0 fully saturated rings. The maximum atomic E-state index is 12.6. The maximum Gasteiger partial charge on any atom is 0.416 e. The summed E-state index contributed by atoms with van der Waals surface area (Å²) in [6, 6.07) is 3.70. The second-order valence-corrected chi connectivity index (χ2v) is 5.57. The molecule has 26 heavy (non-hydrogen) atoms.